The van der Waals surface area contributed by atoms with Crippen LogP contribution in [0.5, 0.6) is 5.75 Å². The van der Waals surface area contributed by atoms with Crippen LogP contribution in [0, 0.1) is 5.92 Å². The molecule has 0 aromatic heterocycles. The molecular weight excluding hydrogens is 467 g/mol. The molecule has 1 heterocycles. The van der Waals surface area contributed by atoms with Gasteiger partial charge in [0.2, 0.25) is 0 Å². The van der Waals surface area contributed by atoms with Crippen molar-refractivity contribution in [1.82, 2.24) is 15.5 Å². The summed E-state index contributed by atoms with van der Waals surface area (Å²) in [6, 6.07) is 8.69. The molecule has 1 aromatic rings. The highest BCUT2D eigenvalue weighted by Crippen LogP contribution is 2.30. The molecule has 7 heteroatoms. The Bertz CT molecular complexity index is 604. The van der Waals surface area contributed by atoms with Gasteiger partial charge in [-0.2, -0.15) is 0 Å². The zero-order valence-electron chi connectivity index (χ0n) is 17.2. The Morgan fingerprint density at radius 3 is 2.71 bits per heavy atom. The maximum Gasteiger partial charge on any atom is 0.191 e. The molecule has 2 aliphatic rings. The van der Waals surface area contributed by atoms with E-state index >= 15 is 0 Å². The highest BCUT2D eigenvalue weighted by Gasteiger charge is 2.22. The largest absolute Gasteiger partial charge is 0.493 e. The number of hydrogen-bond donors (Lipinski definition) is 2. The Kier molecular flexibility index (Phi) is 10.4. The number of ether oxygens (including phenoxy) is 2. The molecule has 3 rings (SSSR count). The van der Waals surface area contributed by atoms with Crippen molar-refractivity contribution in [2.24, 2.45) is 10.9 Å². The van der Waals surface area contributed by atoms with Crippen molar-refractivity contribution in [3.05, 3.63) is 29.8 Å². The molecule has 0 bridgehead atoms. The van der Waals surface area contributed by atoms with Gasteiger partial charge in [-0.3, -0.25) is 4.90 Å². The van der Waals surface area contributed by atoms with Gasteiger partial charge in [0.05, 0.1) is 26.4 Å². The number of halogens is 1. The van der Waals surface area contributed by atoms with E-state index in [1.807, 2.05) is 12.1 Å². The van der Waals surface area contributed by atoms with E-state index in [0.29, 0.717) is 12.6 Å². The van der Waals surface area contributed by atoms with Crippen molar-refractivity contribution in [1.29, 1.82) is 0 Å². The molecule has 2 N–H and O–H groups in total. The normalized spacial score (nSPS) is 18.9. The van der Waals surface area contributed by atoms with E-state index in [9.17, 15) is 0 Å². The fourth-order valence-electron chi connectivity index (χ4n) is 3.17. The first-order valence-corrected chi connectivity index (χ1v) is 10.3. The maximum atomic E-state index is 6.00. The van der Waals surface area contributed by atoms with Crippen LogP contribution in [-0.4, -0.2) is 62.9 Å². The van der Waals surface area contributed by atoms with Crippen molar-refractivity contribution in [3.8, 4) is 5.75 Å². The second kappa shape index (κ2) is 12.5. The first-order valence-electron chi connectivity index (χ1n) is 10.3. The van der Waals surface area contributed by atoms with Crippen LogP contribution >= 0.6 is 24.0 Å². The van der Waals surface area contributed by atoms with Gasteiger partial charge in [0.1, 0.15) is 5.75 Å². The van der Waals surface area contributed by atoms with Crippen LogP contribution in [0.3, 0.4) is 0 Å². The van der Waals surface area contributed by atoms with Gasteiger partial charge >= 0.3 is 0 Å². The summed E-state index contributed by atoms with van der Waals surface area (Å²) >= 11 is 0. The predicted octanol–water partition coefficient (Wildman–Crippen LogP) is 2.87. The van der Waals surface area contributed by atoms with Crippen molar-refractivity contribution < 1.29 is 9.47 Å². The minimum Gasteiger partial charge on any atom is -0.493 e. The highest BCUT2D eigenvalue weighted by atomic mass is 127. The van der Waals surface area contributed by atoms with Crippen molar-refractivity contribution in [2.75, 3.05) is 46.0 Å². The molecule has 28 heavy (non-hydrogen) atoms. The van der Waals surface area contributed by atoms with Gasteiger partial charge in [-0.25, -0.2) is 4.99 Å². The van der Waals surface area contributed by atoms with Crippen LogP contribution in [0.1, 0.15) is 32.3 Å². The third kappa shape index (κ3) is 7.75. The average Bonchev–Trinajstić information content (AvgIpc) is 3.54. The average molecular weight is 502 g/mol. The number of nitrogens with one attached hydrogen (secondary N) is 2. The number of nitrogens with zero attached hydrogens (tertiary/aromatic N) is 2. The van der Waals surface area contributed by atoms with E-state index < -0.39 is 0 Å². The summed E-state index contributed by atoms with van der Waals surface area (Å²) in [7, 11) is 0. The number of para-hydroxylation sites is 1. The third-order valence-electron chi connectivity index (χ3n) is 5.13. The van der Waals surface area contributed by atoms with Gasteiger partial charge in [-0.1, -0.05) is 18.2 Å². The Hall–Kier alpha value is -1.06. The molecule has 1 saturated heterocycles. The third-order valence-corrected chi connectivity index (χ3v) is 5.13. The molecule has 2 fully saturated rings. The topological polar surface area (TPSA) is 58.1 Å². The van der Waals surface area contributed by atoms with Crippen LogP contribution in [-0.2, 0) is 11.3 Å². The lowest BCUT2D eigenvalue weighted by Crippen LogP contribution is -2.49. The number of rotatable bonds is 9. The SMILES string of the molecule is CCNC(=NCc1ccccc1OCC1CC1)NCC(C)N1CCOCC1.I. The Labute approximate surface area is 186 Å². The van der Waals surface area contributed by atoms with Crippen LogP contribution < -0.4 is 15.4 Å². The second-order valence-corrected chi connectivity index (χ2v) is 7.44. The summed E-state index contributed by atoms with van der Waals surface area (Å²) in [6.07, 6.45) is 2.60. The summed E-state index contributed by atoms with van der Waals surface area (Å²) in [5.41, 5.74) is 1.14. The van der Waals surface area contributed by atoms with E-state index in [0.717, 1.165) is 69.2 Å². The fraction of sp³-hybridized carbons (Fsp3) is 0.667. The van der Waals surface area contributed by atoms with E-state index in [1.54, 1.807) is 0 Å². The standard InChI is InChI=1S/C21H34N4O2.HI/c1-3-22-21(23-14-17(2)25-10-12-26-13-11-25)24-15-19-6-4-5-7-20(19)27-16-18-8-9-18;/h4-7,17-18H,3,8-16H2,1-2H3,(H2,22,23,24);1H. The molecule has 1 unspecified atom stereocenters. The zero-order valence-corrected chi connectivity index (χ0v) is 19.5. The lowest BCUT2D eigenvalue weighted by atomic mass is 10.2. The number of morpholine rings is 1. The van der Waals surface area contributed by atoms with Gasteiger partial charge in [0.15, 0.2) is 5.96 Å². The van der Waals surface area contributed by atoms with Gasteiger partial charge in [-0.05, 0) is 38.7 Å². The van der Waals surface area contributed by atoms with Crippen LogP contribution in [0.25, 0.3) is 0 Å². The Morgan fingerprint density at radius 2 is 2.00 bits per heavy atom. The summed E-state index contributed by atoms with van der Waals surface area (Å²) in [5, 5.41) is 6.83. The van der Waals surface area contributed by atoms with Gasteiger partial charge in [0.25, 0.3) is 0 Å². The zero-order chi connectivity index (χ0) is 18.9. The summed E-state index contributed by atoms with van der Waals surface area (Å²) < 4.78 is 11.4. The van der Waals surface area contributed by atoms with E-state index in [1.165, 1.54) is 12.8 Å². The van der Waals surface area contributed by atoms with E-state index in [2.05, 4.69) is 41.5 Å². The van der Waals surface area contributed by atoms with Crippen molar-refractivity contribution in [3.63, 3.8) is 0 Å². The number of guanidine groups is 1. The molecule has 1 aliphatic heterocycles. The molecule has 1 aliphatic carbocycles. The molecule has 0 radical (unpaired) electrons. The van der Waals surface area contributed by atoms with Gasteiger partial charge in [-0.15, -0.1) is 24.0 Å². The molecule has 158 valence electrons. The summed E-state index contributed by atoms with van der Waals surface area (Å²) in [6.45, 7) is 11.2. The quantitative estimate of drug-likeness (QED) is 0.309. The fourth-order valence-corrected chi connectivity index (χ4v) is 3.17. The summed E-state index contributed by atoms with van der Waals surface area (Å²) in [4.78, 5) is 7.23. The highest BCUT2D eigenvalue weighted by molar-refractivity contribution is 14.0. The Balaban J connectivity index is 0.00000280. The molecule has 1 atom stereocenters. The molecular formula is C21H35IN4O2. The van der Waals surface area contributed by atoms with Crippen LogP contribution in [0.2, 0.25) is 0 Å². The van der Waals surface area contributed by atoms with E-state index in [4.69, 9.17) is 14.5 Å². The molecule has 1 aromatic carbocycles. The van der Waals surface area contributed by atoms with Crippen molar-refractivity contribution in [2.45, 2.75) is 39.3 Å². The summed E-state index contributed by atoms with van der Waals surface area (Å²) in [5.74, 6) is 2.57. The molecule has 0 amide bonds. The van der Waals surface area contributed by atoms with E-state index in [-0.39, 0.29) is 24.0 Å². The minimum atomic E-state index is 0. The molecule has 1 saturated carbocycles. The number of benzene rings is 1. The van der Waals surface area contributed by atoms with Crippen molar-refractivity contribution >= 4 is 29.9 Å². The van der Waals surface area contributed by atoms with Gasteiger partial charge in [0, 0.05) is 37.8 Å². The van der Waals surface area contributed by atoms with Crippen LogP contribution in [0.15, 0.2) is 29.3 Å². The molecule has 6 nitrogen and oxygen atoms in total. The molecule has 0 spiro atoms. The first-order chi connectivity index (χ1) is 13.3. The first kappa shape index (κ1) is 23.2. The smallest absolute Gasteiger partial charge is 0.191 e. The lowest BCUT2D eigenvalue weighted by Gasteiger charge is -2.32. The monoisotopic (exact) mass is 502 g/mol. The Morgan fingerprint density at radius 1 is 1.25 bits per heavy atom. The van der Waals surface area contributed by atoms with Crippen LogP contribution in [0.4, 0.5) is 0 Å². The maximum absolute atomic E-state index is 6.00. The number of hydrogen-bond acceptors (Lipinski definition) is 4. The second-order valence-electron chi connectivity index (χ2n) is 7.44. The van der Waals surface area contributed by atoms with Gasteiger partial charge < -0.3 is 20.1 Å². The minimum absolute atomic E-state index is 0. The lowest BCUT2D eigenvalue weighted by molar-refractivity contribution is 0.0211. The number of aliphatic imine (C=N–C) groups is 1. The predicted molar refractivity (Wildman–Crippen MR) is 125 cm³/mol.